The van der Waals surface area contributed by atoms with Crippen molar-refractivity contribution in [2.24, 2.45) is 5.73 Å². The number of thiophene rings is 1. The second-order valence-electron chi connectivity index (χ2n) is 5.78. The van der Waals surface area contributed by atoms with Gasteiger partial charge in [-0.2, -0.15) is 0 Å². The molecule has 0 bridgehead atoms. The van der Waals surface area contributed by atoms with E-state index >= 15 is 0 Å². The van der Waals surface area contributed by atoms with Crippen molar-refractivity contribution in [3.05, 3.63) is 47.3 Å². The van der Waals surface area contributed by atoms with E-state index in [4.69, 9.17) is 10.5 Å². The minimum Gasteiger partial charge on any atom is -0.451 e. The summed E-state index contributed by atoms with van der Waals surface area (Å²) < 4.78 is 5.07. The number of carbonyl (C=O) groups is 4. The molecule has 0 aliphatic heterocycles. The summed E-state index contributed by atoms with van der Waals surface area (Å²) in [7, 11) is 0. The Kier molecular flexibility index (Phi) is 7.10. The molecule has 10 heteroatoms. The number of primary amides is 1. The zero-order valence-electron chi connectivity index (χ0n) is 15.2. The van der Waals surface area contributed by atoms with Crippen molar-refractivity contribution in [3.63, 3.8) is 0 Å². The van der Waals surface area contributed by atoms with E-state index in [0.717, 1.165) is 11.3 Å². The topological polar surface area (TPSA) is 140 Å². The molecule has 148 valence electrons. The fourth-order valence-electron chi connectivity index (χ4n) is 2.09. The van der Waals surface area contributed by atoms with Crippen molar-refractivity contribution in [2.45, 2.75) is 26.0 Å². The third-order valence-corrected chi connectivity index (χ3v) is 4.39. The van der Waals surface area contributed by atoms with E-state index in [9.17, 15) is 19.2 Å². The number of hydrogen-bond donors (Lipinski definition) is 4. The van der Waals surface area contributed by atoms with Crippen LogP contribution < -0.4 is 21.7 Å². The van der Waals surface area contributed by atoms with Crippen LogP contribution in [-0.4, -0.2) is 36.0 Å². The summed E-state index contributed by atoms with van der Waals surface area (Å²) >= 11 is 1.12. The number of nitrogens with two attached hydrogens (primary N) is 1. The van der Waals surface area contributed by atoms with Crippen molar-refractivity contribution in [3.8, 4) is 0 Å². The Morgan fingerprint density at radius 1 is 1.04 bits per heavy atom. The highest BCUT2D eigenvalue weighted by atomic mass is 32.1. The molecule has 0 spiro atoms. The first-order chi connectivity index (χ1) is 13.3. The second-order valence-corrected chi connectivity index (χ2v) is 6.70. The molecule has 0 unspecified atom stereocenters. The Bertz CT molecular complexity index is 868. The number of rotatable bonds is 7. The number of benzene rings is 1. The van der Waals surface area contributed by atoms with Gasteiger partial charge in [-0.15, -0.1) is 11.3 Å². The number of esters is 1. The van der Waals surface area contributed by atoms with Gasteiger partial charge in [0.05, 0.1) is 5.56 Å². The van der Waals surface area contributed by atoms with Gasteiger partial charge in [0.15, 0.2) is 6.10 Å². The quantitative estimate of drug-likeness (QED) is 0.522. The first kappa shape index (κ1) is 20.9. The Hall–Kier alpha value is -3.40. The van der Waals surface area contributed by atoms with E-state index in [1.54, 1.807) is 35.7 Å². The molecule has 28 heavy (non-hydrogen) atoms. The highest BCUT2D eigenvalue weighted by Crippen LogP contribution is 2.23. The Morgan fingerprint density at radius 2 is 1.71 bits per heavy atom. The van der Waals surface area contributed by atoms with E-state index in [1.165, 1.54) is 19.9 Å². The molecule has 1 aromatic heterocycles. The van der Waals surface area contributed by atoms with Crippen molar-refractivity contribution in [1.29, 1.82) is 0 Å². The van der Waals surface area contributed by atoms with Crippen LogP contribution in [0.3, 0.4) is 0 Å². The smallest absolute Gasteiger partial charge is 0.329 e. The normalized spacial score (nSPS) is 12.4. The second kappa shape index (κ2) is 9.51. The monoisotopic (exact) mass is 404 g/mol. The van der Waals surface area contributed by atoms with Gasteiger partial charge in [0.1, 0.15) is 11.0 Å². The lowest BCUT2D eigenvalue weighted by Crippen LogP contribution is -2.44. The number of carbonyl (C=O) groups excluding carboxylic acids is 4. The lowest BCUT2D eigenvalue weighted by molar-refractivity contribution is -0.154. The number of nitrogens with one attached hydrogen (secondary N) is 3. The van der Waals surface area contributed by atoms with E-state index in [-0.39, 0.29) is 10.6 Å². The molecule has 1 aromatic carbocycles. The van der Waals surface area contributed by atoms with Crippen molar-refractivity contribution < 1.29 is 23.9 Å². The van der Waals surface area contributed by atoms with Gasteiger partial charge in [-0.3, -0.25) is 9.59 Å². The maximum Gasteiger partial charge on any atom is 0.329 e. The number of urea groups is 1. The third kappa shape index (κ3) is 5.81. The van der Waals surface area contributed by atoms with E-state index in [2.05, 4.69) is 16.0 Å². The van der Waals surface area contributed by atoms with Gasteiger partial charge in [-0.05, 0) is 37.4 Å². The maximum atomic E-state index is 12.2. The molecule has 9 nitrogen and oxygen atoms in total. The van der Waals surface area contributed by atoms with Crippen molar-refractivity contribution >= 4 is 45.8 Å². The van der Waals surface area contributed by atoms with Gasteiger partial charge < -0.3 is 26.4 Å². The average molecular weight is 404 g/mol. The van der Waals surface area contributed by atoms with Crippen molar-refractivity contribution in [2.75, 3.05) is 10.6 Å². The number of anilines is 2. The summed E-state index contributed by atoms with van der Waals surface area (Å²) in [6.07, 6.45) is -1.14. The minimum absolute atomic E-state index is 0.171. The Balaban J connectivity index is 1.84. The highest BCUT2D eigenvalue weighted by molar-refractivity contribution is 7.14. The molecule has 0 saturated carbocycles. The largest absolute Gasteiger partial charge is 0.451 e. The van der Waals surface area contributed by atoms with E-state index in [0.29, 0.717) is 5.69 Å². The first-order valence-electron chi connectivity index (χ1n) is 8.29. The summed E-state index contributed by atoms with van der Waals surface area (Å²) in [6.45, 7) is 2.81. The Labute approximate surface area is 165 Å². The molecule has 0 saturated heterocycles. The maximum absolute atomic E-state index is 12.2. The van der Waals surface area contributed by atoms with Crippen LogP contribution in [0.15, 0.2) is 41.8 Å². The molecule has 0 fully saturated rings. The third-order valence-electron chi connectivity index (χ3n) is 3.56. The number of hydrogen-bond acceptors (Lipinski definition) is 6. The fourth-order valence-corrected chi connectivity index (χ4v) is 2.88. The summed E-state index contributed by atoms with van der Waals surface area (Å²) in [5, 5.41) is 9.36. The summed E-state index contributed by atoms with van der Waals surface area (Å²) in [6, 6.07) is 8.61. The minimum atomic E-state index is -1.14. The van der Waals surface area contributed by atoms with Crippen molar-refractivity contribution in [1.82, 2.24) is 5.32 Å². The lowest BCUT2D eigenvalue weighted by Gasteiger charge is -2.17. The molecule has 2 aromatic rings. The van der Waals surface area contributed by atoms with Crippen LogP contribution >= 0.6 is 11.3 Å². The molecular weight excluding hydrogens is 384 g/mol. The number of amides is 4. The van der Waals surface area contributed by atoms with Crippen LogP contribution in [0, 0.1) is 0 Å². The average Bonchev–Trinajstić information content (AvgIpc) is 3.10. The molecule has 2 rings (SSSR count). The summed E-state index contributed by atoms with van der Waals surface area (Å²) in [5.41, 5.74) is 5.95. The predicted molar refractivity (Wildman–Crippen MR) is 105 cm³/mol. The van der Waals surface area contributed by atoms with E-state index < -0.39 is 36.0 Å². The zero-order chi connectivity index (χ0) is 20.7. The Morgan fingerprint density at radius 3 is 2.36 bits per heavy atom. The van der Waals surface area contributed by atoms with E-state index in [1.807, 2.05) is 0 Å². The lowest BCUT2D eigenvalue weighted by atomic mass is 10.3. The summed E-state index contributed by atoms with van der Waals surface area (Å²) in [5.74, 6) is -2.09. The molecule has 5 N–H and O–H groups in total. The van der Waals surface area contributed by atoms with Gasteiger partial charge in [0.25, 0.3) is 11.8 Å². The molecule has 2 atom stereocenters. The molecule has 1 heterocycles. The molecule has 0 aliphatic rings. The number of para-hydroxylation sites is 1. The predicted octanol–water partition coefficient (Wildman–Crippen LogP) is 1.93. The van der Waals surface area contributed by atoms with Crippen LogP contribution in [0.25, 0.3) is 0 Å². The standard InChI is InChI=1S/C18H20N4O5S/c1-10(20-18(26)21-12-6-4-3-5-7-12)17(25)27-11(2)15(24)22-16-13(14(19)23)8-9-28-16/h3-11H,1-2H3,(H2,19,23)(H,22,24)(H2,20,21,26)/t10-,11-/m0/s1. The van der Waals surface area contributed by atoms with Crippen LogP contribution in [-0.2, 0) is 14.3 Å². The zero-order valence-corrected chi connectivity index (χ0v) is 16.0. The fraction of sp³-hybridized carbons (Fsp3) is 0.222. The van der Waals surface area contributed by atoms with Crippen LogP contribution in [0.4, 0.5) is 15.5 Å². The number of ether oxygens (including phenoxy) is 1. The van der Waals surface area contributed by atoms with Gasteiger partial charge in [0.2, 0.25) is 0 Å². The van der Waals surface area contributed by atoms with Gasteiger partial charge in [0, 0.05) is 5.69 Å². The van der Waals surface area contributed by atoms with Crippen LogP contribution in [0.1, 0.15) is 24.2 Å². The van der Waals surface area contributed by atoms with Crippen LogP contribution in [0.2, 0.25) is 0 Å². The highest BCUT2D eigenvalue weighted by Gasteiger charge is 2.24. The van der Waals surface area contributed by atoms with Gasteiger partial charge in [-0.1, -0.05) is 18.2 Å². The summed E-state index contributed by atoms with van der Waals surface area (Å²) in [4.78, 5) is 47.5. The molecule has 0 aliphatic carbocycles. The SMILES string of the molecule is C[C@H](NC(=O)Nc1ccccc1)C(=O)O[C@@H](C)C(=O)Nc1sccc1C(N)=O. The van der Waals surface area contributed by atoms with Gasteiger partial charge >= 0.3 is 12.0 Å². The molecule has 0 radical (unpaired) electrons. The first-order valence-corrected chi connectivity index (χ1v) is 9.17. The van der Waals surface area contributed by atoms with Crippen LogP contribution in [0.5, 0.6) is 0 Å². The van der Waals surface area contributed by atoms with Gasteiger partial charge in [-0.25, -0.2) is 9.59 Å². The molecular formula is C18H20N4O5S. The molecule has 4 amide bonds.